The van der Waals surface area contributed by atoms with E-state index in [0.29, 0.717) is 11.6 Å². The Hall–Kier alpha value is -3.36. The number of amides is 1. The van der Waals surface area contributed by atoms with Crippen LogP contribution in [0.25, 0.3) is 0 Å². The Balaban J connectivity index is 1.70. The van der Waals surface area contributed by atoms with E-state index in [0.717, 1.165) is 37.2 Å². The van der Waals surface area contributed by atoms with Crippen LogP contribution in [-0.2, 0) is 11.2 Å². The first-order valence-electron chi connectivity index (χ1n) is 9.96. The number of piperidine rings is 1. The van der Waals surface area contributed by atoms with Crippen molar-refractivity contribution in [1.29, 1.82) is 0 Å². The van der Waals surface area contributed by atoms with Crippen LogP contribution in [0.3, 0.4) is 0 Å². The SMILES string of the molecule is CN(C)C(=O)Oc1ccc(C[C@H](Nc2ncncc2N2CCCCC2)C(=O)O)cc1. The lowest BCUT2D eigenvalue weighted by molar-refractivity contribution is -0.137. The van der Waals surface area contributed by atoms with E-state index in [-0.39, 0.29) is 6.42 Å². The molecular formula is C21H27N5O4. The molecule has 1 saturated heterocycles. The minimum Gasteiger partial charge on any atom is -0.480 e. The van der Waals surface area contributed by atoms with Gasteiger partial charge in [0.1, 0.15) is 18.1 Å². The molecule has 1 aromatic carbocycles. The minimum atomic E-state index is -0.971. The zero-order valence-electron chi connectivity index (χ0n) is 17.2. The van der Waals surface area contributed by atoms with E-state index in [1.54, 1.807) is 44.6 Å². The summed E-state index contributed by atoms with van der Waals surface area (Å²) in [5.41, 5.74) is 1.63. The van der Waals surface area contributed by atoms with Crippen LogP contribution in [0, 0.1) is 0 Å². The average Bonchev–Trinajstić information content (AvgIpc) is 2.75. The highest BCUT2D eigenvalue weighted by molar-refractivity contribution is 5.79. The normalized spacial score (nSPS) is 14.7. The zero-order chi connectivity index (χ0) is 21.5. The summed E-state index contributed by atoms with van der Waals surface area (Å²) >= 11 is 0. The zero-order valence-corrected chi connectivity index (χ0v) is 17.2. The number of carbonyl (C=O) groups is 2. The fraction of sp³-hybridized carbons (Fsp3) is 0.429. The van der Waals surface area contributed by atoms with Gasteiger partial charge in [0.05, 0.1) is 11.9 Å². The van der Waals surface area contributed by atoms with Crippen molar-refractivity contribution in [2.75, 3.05) is 37.4 Å². The van der Waals surface area contributed by atoms with E-state index in [4.69, 9.17) is 4.74 Å². The van der Waals surface area contributed by atoms with Gasteiger partial charge in [-0.15, -0.1) is 0 Å². The van der Waals surface area contributed by atoms with Crippen molar-refractivity contribution in [3.05, 3.63) is 42.4 Å². The molecule has 2 aromatic rings. The number of anilines is 2. The maximum atomic E-state index is 11.9. The van der Waals surface area contributed by atoms with Gasteiger partial charge >= 0.3 is 12.1 Å². The number of benzene rings is 1. The topological polar surface area (TPSA) is 108 Å². The van der Waals surface area contributed by atoms with Crippen molar-refractivity contribution in [1.82, 2.24) is 14.9 Å². The van der Waals surface area contributed by atoms with Gasteiger partial charge in [0, 0.05) is 33.6 Å². The summed E-state index contributed by atoms with van der Waals surface area (Å²) in [6.07, 6.45) is 6.33. The van der Waals surface area contributed by atoms with Crippen molar-refractivity contribution in [3.63, 3.8) is 0 Å². The molecule has 0 spiro atoms. The number of nitrogens with zero attached hydrogens (tertiary/aromatic N) is 4. The summed E-state index contributed by atoms with van der Waals surface area (Å²) in [5.74, 6) is -0.0439. The maximum absolute atomic E-state index is 11.9. The number of aromatic nitrogens is 2. The summed E-state index contributed by atoms with van der Waals surface area (Å²) in [7, 11) is 3.20. The molecule has 1 atom stereocenters. The molecule has 0 saturated carbocycles. The molecule has 0 unspecified atom stereocenters. The fourth-order valence-electron chi connectivity index (χ4n) is 3.29. The van der Waals surface area contributed by atoms with E-state index in [1.807, 2.05) is 0 Å². The molecule has 2 heterocycles. The van der Waals surface area contributed by atoms with Crippen LogP contribution in [0.1, 0.15) is 24.8 Å². The Labute approximate surface area is 175 Å². The summed E-state index contributed by atoms with van der Waals surface area (Å²) < 4.78 is 5.19. The molecule has 0 radical (unpaired) electrons. The molecule has 9 nitrogen and oxygen atoms in total. The third-order valence-electron chi connectivity index (χ3n) is 4.93. The van der Waals surface area contributed by atoms with Crippen LogP contribution in [-0.4, -0.2) is 65.3 Å². The van der Waals surface area contributed by atoms with E-state index < -0.39 is 18.1 Å². The van der Waals surface area contributed by atoms with Gasteiger partial charge in [-0.2, -0.15) is 0 Å². The van der Waals surface area contributed by atoms with E-state index in [9.17, 15) is 14.7 Å². The molecule has 1 aromatic heterocycles. The van der Waals surface area contributed by atoms with Crippen molar-refractivity contribution in [2.24, 2.45) is 0 Å². The van der Waals surface area contributed by atoms with Gasteiger partial charge in [-0.1, -0.05) is 12.1 Å². The van der Waals surface area contributed by atoms with Gasteiger partial charge in [0.15, 0.2) is 5.82 Å². The first-order valence-corrected chi connectivity index (χ1v) is 9.96. The van der Waals surface area contributed by atoms with Crippen LogP contribution >= 0.6 is 0 Å². The fourth-order valence-corrected chi connectivity index (χ4v) is 3.29. The van der Waals surface area contributed by atoms with Crippen LogP contribution in [0.5, 0.6) is 5.75 Å². The maximum Gasteiger partial charge on any atom is 0.414 e. The molecular weight excluding hydrogens is 386 g/mol. The molecule has 1 aliphatic heterocycles. The van der Waals surface area contributed by atoms with Gasteiger partial charge in [0.25, 0.3) is 0 Å². The molecule has 1 fully saturated rings. The van der Waals surface area contributed by atoms with Crippen LogP contribution < -0.4 is 15.0 Å². The number of aliphatic carboxylic acids is 1. The van der Waals surface area contributed by atoms with Crippen molar-refractivity contribution >= 4 is 23.6 Å². The number of carbonyl (C=O) groups excluding carboxylic acids is 1. The number of nitrogens with one attached hydrogen (secondary N) is 1. The van der Waals surface area contributed by atoms with Crippen LogP contribution in [0.15, 0.2) is 36.8 Å². The van der Waals surface area contributed by atoms with Crippen molar-refractivity contribution in [3.8, 4) is 5.75 Å². The highest BCUT2D eigenvalue weighted by Gasteiger charge is 2.22. The molecule has 2 N–H and O–H groups in total. The Kier molecular flexibility index (Phi) is 7.05. The number of hydrogen-bond acceptors (Lipinski definition) is 7. The second-order valence-electron chi connectivity index (χ2n) is 7.45. The summed E-state index contributed by atoms with van der Waals surface area (Å²) in [6, 6.07) is 5.94. The predicted octanol–water partition coefficient (Wildman–Crippen LogP) is 2.64. The monoisotopic (exact) mass is 413 g/mol. The average molecular weight is 413 g/mol. The molecule has 9 heteroatoms. The van der Waals surface area contributed by atoms with Crippen LogP contribution in [0.2, 0.25) is 0 Å². The summed E-state index contributed by atoms with van der Waals surface area (Å²) in [6.45, 7) is 1.82. The summed E-state index contributed by atoms with van der Waals surface area (Å²) in [4.78, 5) is 35.5. The number of rotatable bonds is 7. The quantitative estimate of drug-likeness (QED) is 0.713. The molecule has 30 heavy (non-hydrogen) atoms. The first-order chi connectivity index (χ1) is 14.4. The lowest BCUT2D eigenvalue weighted by atomic mass is 10.1. The van der Waals surface area contributed by atoms with Gasteiger partial charge in [-0.3, -0.25) is 0 Å². The van der Waals surface area contributed by atoms with Gasteiger partial charge in [0.2, 0.25) is 0 Å². The highest BCUT2D eigenvalue weighted by atomic mass is 16.6. The van der Waals surface area contributed by atoms with E-state index in [1.165, 1.54) is 17.6 Å². The molecule has 1 aliphatic rings. The minimum absolute atomic E-state index is 0.251. The van der Waals surface area contributed by atoms with Gasteiger partial charge in [-0.05, 0) is 37.0 Å². The number of hydrogen-bond donors (Lipinski definition) is 2. The second kappa shape index (κ2) is 9.91. The standard InChI is InChI=1S/C21H27N5O4/c1-25(2)21(29)30-16-8-6-15(7-9-16)12-17(20(27)28)24-19-18(13-22-14-23-19)26-10-4-3-5-11-26/h6-9,13-14,17H,3-5,10-12H2,1-2H3,(H,27,28)(H,22,23,24)/t17-/m0/s1. The third-order valence-corrected chi connectivity index (χ3v) is 4.93. The Morgan fingerprint density at radius 2 is 1.90 bits per heavy atom. The lowest BCUT2D eigenvalue weighted by Crippen LogP contribution is -2.35. The number of carboxylic acids is 1. The lowest BCUT2D eigenvalue weighted by Gasteiger charge is -2.30. The highest BCUT2D eigenvalue weighted by Crippen LogP contribution is 2.26. The molecule has 3 rings (SSSR count). The largest absolute Gasteiger partial charge is 0.480 e. The van der Waals surface area contributed by atoms with Gasteiger partial charge < -0.3 is 25.0 Å². The third kappa shape index (κ3) is 5.59. The molecule has 0 bridgehead atoms. The molecule has 0 aliphatic carbocycles. The van der Waals surface area contributed by atoms with E-state index >= 15 is 0 Å². The number of carboxylic acid groups (broad SMARTS) is 1. The summed E-state index contributed by atoms with van der Waals surface area (Å²) in [5, 5.41) is 12.8. The van der Waals surface area contributed by atoms with Crippen molar-refractivity contribution in [2.45, 2.75) is 31.7 Å². The smallest absolute Gasteiger partial charge is 0.414 e. The Morgan fingerprint density at radius 1 is 1.20 bits per heavy atom. The molecule has 1 amide bonds. The Morgan fingerprint density at radius 3 is 2.53 bits per heavy atom. The van der Waals surface area contributed by atoms with Crippen LogP contribution in [0.4, 0.5) is 16.3 Å². The Bertz CT molecular complexity index is 866. The van der Waals surface area contributed by atoms with Crippen molar-refractivity contribution < 1.29 is 19.4 Å². The first kappa shape index (κ1) is 21.4. The van der Waals surface area contributed by atoms with E-state index in [2.05, 4.69) is 20.2 Å². The number of ether oxygens (including phenoxy) is 1. The van der Waals surface area contributed by atoms with Gasteiger partial charge in [-0.25, -0.2) is 19.6 Å². The molecule has 160 valence electrons. The predicted molar refractivity (Wildman–Crippen MR) is 113 cm³/mol. The second-order valence-corrected chi connectivity index (χ2v) is 7.45.